The van der Waals surface area contributed by atoms with Crippen LogP contribution in [0, 0.1) is 17.1 Å². The van der Waals surface area contributed by atoms with E-state index in [0.29, 0.717) is 17.1 Å². The summed E-state index contributed by atoms with van der Waals surface area (Å²) in [6, 6.07) is 15.3. The Hall–Kier alpha value is -3.19. The lowest BCUT2D eigenvalue weighted by Crippen LogP contribution is -1.81. The van der Waals surface area contributed by atoms with Crippen LogP contribution in [0.25, 0.3) is 23.5 Å². The minimum atomic E-state index is -0.276. The van der Waals surface area contributed by atoms with Gasteiger partial charge in [-0.25, -0.2) is 4.39 Å². The molecule has 0 radical (unpaired) electrons. The van der Waals surface area contributed by atoms with Gasteiger partial charge in [0.2, 0.25) is 0 Å². The highest BCUT2D eigenvalue weighted by atomic mass is 19.1. The topological polar surface area (TPSA) is 49.8 Å². The quantitative estimate of drug-likeness (QED) is 0.712. The molecule has 0 N–H and O–H groups in total. The highest BCUT2D eigenvalue weighted by Gasteiger charge is 2.03. The van der Waals surface area contributed by atoms with E-state index in [9.17, 15) is 4.39 Å². The molecule has 2 aromatic heterocycles. The normalized spacial score (nSPS) is 10.7. The van der Waals surface area contributed by atoms with Gasteiger partial charge >= 0.3 is 0 Å². The molecule has 0 spiro atoms. The molecule has 0 amide bonds. The van der Waals surface area contributed by atoms with Crippen molar-refractivity contribution in [2.75, 3.05) is 0 Å². The zero-order chi connectivity index (χ0) is 15.4. The van der Waals surface area contributed by atoms with Crippen molar-refractivity contribution in [2.45, 2.75) is 0 Å². The van der Waals surface area contributed by atoms with Gasteiger partial charge in [-0.05, 0) is 60.7 Å². The van der Waals surface area contributed by atoms with Crippen molar-refractivity contribution in [3.8, 4) is 17.4 Å². The number of hydrogen-bond donors (Lipinski definition) is 0. The van der Waals surface area contributed by atoms with Crippen LogP contribution in [0.4, 0.5) is 4.39 Å². The third-order valence-corrected chi connectivity index (χ3v) is 3.09. The molecule has 0 aliphatic carbocycles. The van der Waals surface area contributed by atoms with Crippen molar-refractivity contribution in [2.24, 2.45) is 0 Å². The van der Waals surface area contributed by atoms with Crippen LogP contribution in [-0.4, -0.2) is 4.98 Å². The molecule has 22 heavy (non-hydrogen) atoms. The molecular formula is C18H11FN2O. The fourth-order valence-corrected chi connectivity index (χ4v) is 1.95. The molecule has 4 heteroatoms. The fraction of sp³-hybridized carbons (Fsp3) is 0. The van der Waals surface area contributed by atoms with Crippen molar-refractivity contribution in [1.82, 2.24) is 4.98 Å². The molecule has 1 aromatic carbocycles. The van der Waals surface area contributed by atoms with Gasteiger partial charge in [0.15, 0.2) is 0 Å². The first kappa shape index (κ1) is 13.8. The predicted molar refractivity (Wildman–Crippen MR) is 82.0 cm³/mol. The van der Waals surface area contributed by atoms with Crippen LogP contribution in [0.3, 0.4) is 0 Å². The lowest BCUT2D eigenvalue weighted by molar-refractivity contribution is 0.571. The second kappa shape index (κ2) is 6.06. The van der Waals surface area contributed by atoms with E-state index in [-0.39, 0.29) is 5.82 Å². The number of furan rings is 1. The number of rotatable bonds is 3. The van der Waals surface area contributed by atoms with Crippen LogP contribution >= 0.6 is 0 Å². The number of halogens is 1. The highest BCUT2D eigenvalue weighted by Crippen LogP contribution is 2.23. The number of benzene rings is 1. The van der Waals surface area contributed by atoms with Crippen LogP contribution in [0.1, 0.15) is 17.0 Å². The summed E-state index contributed by atoms with van der Waals surface area (Å²) in [6.45, 7) is 0. The Bertz CT molecular complexity index is 840. The van der Waals surface area contributed by atoms with E-state index < -0.39 is 0 Å². The lowest BCUT2D eigenvalue weighted by Gasteiger charge is -1.96. The molecule has 0 fully saturated rings. The van der Waals surface area contributed by atoms with Crippen LogP contribution in [0.2, 0.25) is 0 Å². The van der Waals surface area contributed by atoms with Crippen LogP contribution in [0.5, 0.6) is 0 Å². The first-order valence-electron chi connectivity index (χ1n) is 6.64. The fourth-order valence-electron chi connectivity index (χ4n) is 1.95. The standard InChI is InChI=1S/C18H11FN2O/c19-15-4-2-14(3-5-15)18-10-9-17(22-18)8-7-16-6-1-13(11-20)12-21-16/h1-10,12H. The zero-order valence-electron chi connectivity index (χ0n) is 11.5. The summed E-state index contributed by atoms with van der Waals surface area (Å²) in [4.78, 5) is 4.15. The molecule has 0 aliphatic heterocycles. The largest absolute Gasteiger partial charge is 0.457 e. The molecule has 3 rings (SSSR count). The van der Waals surface area contributed by atoms with Crippen molar-refractivity contribution >= 4 is 12.2 Å². The SMILES string of the molecule is N#Cc1ccc(C=Cc2ccc(-c3ccc(F)cc3)o2)nc1. The van der Waals surface area contributed by atoms with Crippen LogP contribution in [-0.2, 0) is 0 Å². The van der Waals surface area contributed by atoms with Gasteiger partial charge in [-0.15, -0.1) is 0 Å². The van der Waals surface area contributed by atoms with Gasteiger partial charge in [0.1, 0.15) is 23.4 Å². The van der Waals surface area contributed by atoms with Gasteiger partial charge in [0, 0.05) is 11.8 Å². The molecular weight excluding hydrogens is 279 g/mol. The molecule has 0 saturated heterocycles. The second-order valence-electron chi connectivity index (χ2n) is 4.63. The first-order chi connectivity index (χ1) is 10.7. The third-order valence-electron chi connectivity index (χ3n) is 3.09. The van der Waals surface area contributed by atoms with Crippen LogP contribution < -0.4 is 0 Å². The average molecular weight is 290 g/mol. The predicted octanol–water partition coefficient (Wildman–Crippen LogP) is 4.52. The van der Waals surface area contributed by atoms with Crippen molar-refractivity contribution < 1.29 is 8.81 Å². The maximum absolute atomic E-state index is 12.9. The number of nitrogens with zero attached hydrogens (tertiary/aromatic N) is 2. The number of aromatic nitrogens is 1. The Labute approximate surface area is 127 Å². The molecule has 0 saturated carbocycles. The Morgan fingerprint density at radius 3 is 2.50 bits per heavy atom. The van der Waals surface area contributed by atoms with Gasteiger partial charge in [-0.3, -0.25) is 4.98 Å². The van der Waals surface area contributed by atoms with Crippen molar-refractivity contribution in [3.05, 3.63) is 77.6 Å². The molecule has 0 bridgehead atoms. The van der Waals surface area contributed by atoms with Gasteiger partial charge in [0.25, 0.3) is 0 Å². The number of hydrogen-bond acceptors (Lipinski definition) is 3. The molecule has 3 nitrogen and oxygen atoms in total. The van der Waals surface area contributed by atoms with Crippen LogP contribution in [0.15, 0.2) is 59.1 Å². The van der Waals surface area contributed by atoms with Gasteiger partial charge in [0.05, 0.1) is 11.3 Å². The summed E-state index contributed by atoms with van der Waals surface area (Å²) in [6.07, 6.45) is 5.11. The Balaban J connectivity index is 1.77. The van der Waals surface area contributed by atoms with Gasteiger partial charge in [-0.1, -0.05) is 0 Å². The maximum atomic E-state index is 12.9. The summed E-state index contributed by atoms with van der Waals surface area (Å²) >= 11 is 0. The van der Waals surface area contributed by atoms with E-state index in [0.717, 1.165) is 11.3 Å². The second-order valence-corrected chi connectivity index (χ2v) is 4.63. The summed E-state index contributed by atoms with van der Waals surface area (Å²) < 4.78 is 18.6. The average Bonchev–Trinajstić information content (AvgIpc) is 3.03. The smallest absolute Gasteiger partial charge is 0.134 e. The van der Waals surface area contributed by atoms with Crippen molar-refractivity contribution in [1.29, 1.82) is 5.26 Å². The van der Waals surface area contributed by atoms with E-state index in [1.165, 1.54) is 18.3 Å². The summed E-state index contributed by atoms with van der Waals surface area (Å²) in [5.41, 5.74) is 2.07. The summed E-state index contributed by atoms with van der Waals surface area (Å²) in [5.74, 6) is 1.07. The molecule has 0 aliphatic rings. The summed E-state index contributed by atoms with van der Waals surface area (Å²) in [5, 5.41) is 8.72. The third kappa shape index (κ3) is 3.10. The highest BCUT2D eigenvalue weighted by molar-refractivity contribution is 5.67. The van der Waals surface area contributed by atoms with E-state index in [2.05, 4.69) is 4.98 Å². The zero-order valence-corrected chi connectivity index (χ0v) is 11.5. The van der Waals surface area contributed by atoms with Crippen molar-refractivity contribution in [3.63, 3.8) is 0 Å². The minimum absolute atomic E-state index is 0.276. The first-order valence-corrected chi connectivity index (χ1v) is 6.64. The lowest BCUT2D eigenvalue weighted by atomic mass is 10.2. The number of pyridine rings is 1. The molecule has 3 aromatic rings. The van der Waals surface area contributed by atoms with E-state index >= 15 is 0 Å². The summed E-state index contributed by atoms with van der Waals surface area (Å²) in [7, 11) is 0. The Morgan fingerprint density at radius 1 is 1.00 bits per heavy atom. The van der Waals surface area contributed by atoms with E-state index in [1.54, 1.807) is 36.4 Å². The Kier molecular flexibility index (Phi) is 3.80. The van der Waals surface area contributed by atoms with Gasteiger partial charge < -0.3 is 4.42 Å². The van der Waals surface area contributed by atoms with E-state index in [4.69, 9.17) is 9.68 Å². The minimum Gasteiger partial charge on any atom is -0.457 e. The monoisotopic (exact) mass is 290 g/mol. The molecule has 106 valence electrons. The van der Waals surface area contributed by atoms with E-state index in [1.807, 2.05) is 18.2 Å². The number of nitriles is 1. The Morgan fingerprint density at radius 2 is 1.82 bits per heavy atom. The maximum Gasteiger partial charge on any atom is 0.134 e. The molecule has 0 unspecified atom stereocenters. The molecule has 0 atom stereocenters. The van der Waals surface area contributed by atoms with Gasteiger partial charge in [-0.2, -0.15) is 5.26 Å². The molecule has 2 heterocycles.